The van der Waals surface area contributed by atoms with Crippen molar-refractivity contribution in [2.45, 2.75) is 57.4 Å². The molecule has 1 aromatic heterocycles. The summed E-state index contributed by atoms with van der Waals surface area (Å²) in [7, 11) is 0. The van der Waals surface area contributed by atoms with E-state index in [-0.39, 0.29) is 5.78 Å². The lowest BCUT2D eigenvalue weighted by atomic mass is 9.98. The number of nitrogens with one attached hydrogen (secondary N) is 2. The van der Waals surface area contributed by atoms with Crippen molar-refractivity contribution < 1.29 is 9.53 Å². The van der Waals surface area contributed by atoms with Gasteiger partial charge in [0.2, 0.25) is 0 Å². The predicted molar refractivity (Wildman–Crippen MR) is 131 cm³/mol. The van der Waals surface area contributed by atoms with E-state index in [1.54, 1.807) is 12.3 Å². The summed E-state index contributed by atoms with van der Waals surface area (Å²) in [4.78, 5) is 22.1. The molecule has 2 fully saturated rings. The Hall–Kier alpha value is -2.57. The van der Waals surface area contributed by atoms with Crippen LogP contribution in [0.25, 0.3) is 0 Å². The molecule has 0 radical (unpaired) electrons. The number of hydrogen-bond acceptors (Lipinski definition) is 6. The normalized spacial score (nSPS) is 19.4. The first-order valence-electron chi connectivity index (χ1n) is 12.5. The van der Waals surface area contributed by atoms with Crippen molar-refractivity contribution in [3.05, 3.63) is 53.3 Å². The number of aromatic nitrogens is 1. The smallest absolute Gasteiger partial charge is 0.170 e. The summed E-state index contributed by atoms with van der Waals surface area (Å²) in [5, 5.41) is 6.94. The molecule has 174 valence electrons. The molecule has 0 spiro atoms. The number of aliphatic imine (C=N–C) groups is 1. The second-order valence-corrected chi connectivity index (χ2v) is 9.60. The molecule has 0 unspecified atom stereocenters. The van der Waals surface area contributed by atoms with E-state index in [2.05, 4.69) is 27.8 Å². The zero-order valence-electron chi connectivity index (χ0n) is 19.3. The molecule has 0 amide bonds. The van der Waals surface area contributed by atoms with Gasteiger partial charge in [0.1, 0.15) is 12.4 Å². The Bertz CT molecular complexity index is 990. The van der Waals surface area contributed by atoms with Crippen LogP contribution in [0.2, 0.25) is 0 Å². The highest BCUT2D eigenvalue weighted by atomic mass is 16.5. The summed E-state index contributed by atoms with van der Waals surface area (Å²) in [6.07, 6.45) is 9.69. The van der Waals surface area contributed by atoms with Gasteiger partial charge in [-0.1, -0.05) is 25.0 Å². The van der Waals surface area contributed by atoms with E-state index in [4.69, 9.17) is 9.73 Å². The van der Waals surface area contributed by atoms with Gasteiger partial charge in [0.25, 0.3) is 0 Å². The van der Waals surface area contributed by atoms with Gasteiger partial charge in [-0.05, 0) is 80.9 Å². The molecule has 6 nitrogen and oxygen atoms in total. The van der Waals surface area contributed by atoms with Crippen molar-refractivity contribution in [3.63, 3.8) is 0 Å². The van der Waals surface area contributed by atoms with Gasteiger partial charge in [0, 0.05) is 18.3 Å². The van der Waals surface area contributed by atoms with Gasteiger partial charge in [-0.3, -0.25) is 14.8 Å². The molecule has 0 atom stereocenters. The van der Waals surface area contributed by atoms with Gasteiger partial charge in [-0.2, -0.15) is 0 Å². The van der Waals surface area contributed by atoms with Gasteiger partial charge < -0.3 is 15.4 Å². The SMILES string of the molecule is O=C1CC(COc2ccc(C3CCCC3)cc2)=Nc2c1ccnc2CNCC1CCNCC1. The molecule has 3 heterocycles. The van der Waals surface area contributed by atoms with Gasteiger partial charge in [-0.25, -0.2) is 0 Å². The minimum Gasteiger partial charge on any atom is -0.488 e. The summed E-state index contributed by atoms with van der Waals surface area (Å²) in [5.74, 6) is 2.31. The van der Waals surface area contributed by atoms with Crippen LogP contribution in [0.1, 0.15) is 72.5 Å². The van der Waals surface area contributed by atoms with Crippen LogP contribution in [0, 0.1) is 5.92 Å². The summed E-state index contributed by atoms with van der Waals surface area (Å²) < 4.78 is 6.00. The van der Waals surface area contributed by atoms with Crippen LogP contribution in [0.15, 0.2) is 41.5 Å². The summed E-state index contributed by atoms with van der Waals surface area (Å²) in [6, 6.07) is 10.3. The minimum absolute atomic E-state index is 0.0946. The number of fused-ring (bicyclic) bond motifs is 1. The number of hydrogen-bond donors (Lipinski definition) is 2. The Labute approximate surface area is 196 Å². The van der Waals surface area contributed by atoms with Crippen LogP contribution in [-0.4, -0.2) is 42.7 Å². The van der Waals surface area contributed by atoms with Crippen molar-refractivity contribution in [1.29, 1.82) is 0 Å². The van der Waals surface area contributed by atoms with E-state index < -0.39 is 0 Å². The third kappa shape index (κ3) is 5.50. The first kappa shape index (κ1) is 22.2. The van der Waals surface area contributed by atoms with E-state index in [1.807, 2.05) is 12.1 Å². The highest BCUT2D eigenvalue weighted by Gasteiger charge is 2.23. The molecule has 6 heteroatoms. The highest BCUT2D eigenvalue weighted by molar-refractivity contribution is 6.16. The van der Waals surface area contributed by atoms with Gasteiger partial charge in [0.15, 0.2) is 5.78 Å². The first-order chi connectivity index (χ1) is 16.3. The molecule has 1 saturated carbocycles. The Balaban J connectivity index is 1.22. The lowest BCUT2D eigenvalue weighted by Crippen LogP contribution is -2.33. The number of rotatable bonds is 8. The van der Waals surface area contributed by atoms with E-state index in [0.717, 1.165) is 36.8 Å². The van der Waals surface area contributed by atoms with Crippen molar-refractivity contribution >= 4 is 17.2 Å². The molecule has 2 N–H and O–H groups in total. The van der Waals surface area contributed by atoms with Crippen molar-refractivity contribution in [2.75, 3.05) is 26.2 Å². The van der Waals surface area contributed by atoms with Crippen LogP contribution in [0.4, 0.5) is 5.69 Å². The molecular formula is C27H34N4O2. The number of Topliss-reactive ketones (excluding diaryl/α,β-unsaturated/α-hetero) is 1. The highest BCUT2D eigenvalue weighted by Crippen LogP contribution is 2.34. The third-order valence-corrected chi connectivity index (χ3v) is 7.23. The Morgan fingerprint density at radius 2 is 1.82 bits per heavy atom. The number of ketones is 1. The van der Waals surface area contributed by atoms with Crippen LogP contribution in [0.5, 0.6) is 5.75 Å². The molecular weight excluding hydrogens is 412 g/mol. The Morgan fingerprint density at radius 3 is 2.61 bits per heavy atom. The molecule has 3 aliphatic rings. The second-order valence-electron chi connectivity index (χ2n) is 9.60. The van der Waals surface area contributed by atoms with Crippen molar-refractivity contribution in [1.82, 2.24) is 15.6 Å². The van der Waals surface area contributed by atoms with Crippen LogP contribution < -0.4 is 15.4 Å². The topological polar surface area (TPSA) is 75.6 Å². The average Bonchev–Trinajstić information content (AvgIpc) is 3.39. The molecule has 2 aromatic rings. The minimum atomic E-state index is 0.0946. The van der Waals surface area contributed by atoms with E-state index in [1.165, 1.54) is 44.1 Å². The van der Waals surface area contributed by atoms with E-state index >= 15 is 0 Å². The summed E-state index contributed by atoms with van der Waals surface area (Å²) >= 11 is 0. The number of benzene rings is 1. The molecule has 1 aromatic carbocycles. The first-order valence-corrected chi connectivity index (χ1v) is 12.5. The zero-order valence-corrected chi connectivity index (χ0v) is 19.3. The molecule has 1 aliphatic carbocycles. The maximum Gasteiger partial charge on any atom is 0.170 e. The standard InChI is InChI=1S/C27H34N4O2/c32-26-15-22(18-33-23-7-5-21(6-8-23)20-3-1-2-4-20)31-27-24(26)11-14-30-25(27)17-29-16-19-9-12-28-13-10-19/h5-8,11,14,19-20,28-29H,1-4,9-10,12-13,15-18H2. The number of piperidine rings is 1. The predicted octanol–water partition coefficient (Wildman–Crippen LogP) is 4.57. The number of nitrogens with zero attached hydrogens (tertiary/aromatic N) is 2. The van der Waals surface area contributed by atoms with Crippen LogP contribution in [-0.2, 0) is 6.54 Å². The van der Waals surface area contributed by atoms with E-state index in [0.29, 0.717) is 42.7 Å². The van der Waals surface area contributed by atoms with Gasteiger partial charge >= 0.3 is 0 Å². The number of ether oxygens (including phenoxy) is 1. The molecule has 1 saturated heterocycles. The lowest BCUT2D eigenvalue weighted by Gasteiger charge is -2.23. The van der Waals surface area contributed by atoms with Crippen LogP contribution in [0.3, 0.4) is 0 Å². The van der Waals surface area contributed by atoms with Gasteiger partial charge in [0.05, 0.1) is 23.5 Å². The fourth-order valence-electron chi connectivity index (χ4n) is 5.28. The molecule has 0 bridgehead atoms. The Morgan fingerprint density at radius 1 is 1.03 bits per heavy atom. The fraction of sp³-hybridized carbons (Fsp3) is 0.519. The molecule has 33 heavy (non-hydrogen) atoms. The van der Waals surface area contributed by atoms with Crippen molar-refractivity contribution in [2.24, 2.45) is 10.9 Å². The summed E-state index contributed by atoms with van der Waals surface area (Å²) in [6.45, 7) is 4.11. The number of pyridine rings is 1. The molecule has 5 rings (SSSR count). The Kier molecular flexibility index (Phi) is 7.12. The van der Waals surface area contributed by atoms with E-state index in [9.17, 15) is 4.79 Å². The zero-order chi connectivity index (χ0) is 22.5. The maximum atomic E-state index is 12.8. The number of carbonyl (C=O) groups excluding carboxylic acids is 1. The lowest BCUT2D eigenvalue weighted by molar-refractivity contribution is 0.0998. The quantitative estimate of drug-likeness (QED) is 0.621. The molecule has 2 aliphatic heterocycles. The third-order valence-electron chi connectivity index (χ3n) is 7.23. The second kappa shape index (κ2) is 10.6. The summed E-state index contributed by atoms with van der Waals surface area (Å²) in [5.41, 5.74) is 4.40. The largest absolute Gasteiger partial charge is 0.488 e. The number of carbonyl (C=O) groups is 1. The fourth-order valence-corrected chi connectivity index (χ4v) is 5.28. The monoisotopic (exact) mass is 446 g/mol. The van der Waals surface area contributed by atoms with Crippen molar-refractivity contribution in [3.8, 4) is 5.75 Å². The van der Waals surface area contributed by atoms with Crippen LogP contribution >= 0.6 is 0 Å². The van der Waals surface area contributed by atoms with Gasteiger partial charge in [-0.15, -0.1) is 0 Å². The maximum absolute atomic E-state index is 12.8. The average molecular weight is 447 g/mol.